The van der Waals surface area contributed by atoms with Crippen molar-refractivity contribution >= 4 is 39.8 Å². The molecule has 10 nitrogen and oxygen atoms in total. The number of anilines is 1. The Morgan fingerprint density at radius 3 is 1.77 bits per heavy atom. The Kier molecular flexibility index (Phi) is 14.5. The highest BCUT2D eigenvalue weighted by atomic mass is 35.5. The highest BCUT2D eigenvalue weighted by Gasteiger charge is 2.37. The van der Waals surface area contributed by atoms with Gasteiger partial charge in [0.15, 0.2) is 16.6 Å². The van der Waals surface area contributed by atoms with E-state index < -0.39 is 11.5 Å². The Labute approximate surface area is 370 Å². The minimum atomic E-state index is -0.840. The van der Waals surface area contributed by atoms with Crippen LogP contribution in [0, 0.1) is 0 Å². The van der Waals surface area contributed by atoms with Gasteiger partial charge in [0, 0.05) is 5.38 Å². The van der Waals surface area contributed by atoms with E-state index in [1.807, 2.05) is 103 Å². The van der Waals surface area contributed by atoms with Crippen LogP contribution in [-0.4, -0.2) is 37.5 Å². The van der Waals surface area contributed by atoms with Gasteiger partial charge in [-0.2, -0.15) is 0 Å². The van der Waals surface area contributed by atoms with Gasteiger partial charge in [0.2, 0.25) is 5.71 Å². The van der Waals surface area contributed by atoms with E-state index in [2.05, 4.69) is 53.4 Å². The number of carbonyl (C=O) groups is 1. The van der Waals surface area contributed by atoms with Crippen LogP contribution in [0.2, 0.25) is 5.02 Å². The number of carbonyl (C=O) groups excluding carboxylic acids is 1. The topological polar surface area (TPSA) is 110 Å². The van der Waals surface area contributed by atoms with Gasteiger partial charge in [-0.1, -0.05) is 145 Å². The Bertz CT molecular complexity index is 2470. The van der Waals surface area contributed by atoms with Crippen LogP contribution < -0.4 is 24.3 Å². The van der Waals surface area contributed by atoms with E-state index in [-0.39, 0.29) is 37.8 Å². The zero-order valence-corrected chi connectivity index (χ0v) is 35.7. The summed E-state index contributed by atoms with van der Waals surface area (Å²) in [5, 5.41) is 10.6. The summed E-state index contributed by atoms with van der Waals surface area (Å²) in [6.45, 7) is 4.02. The number of nitrogens with one attached hydrogen (secondary N) is 1. The standard InChI is InChI=1S/C50H44ClN3O7S/c1-4-28-58-48(55)46(44-34-62-49(52-44)53-50(38-14-8-5-9-15-38,39-16-10-6-11-17-39)40-18-12-7-13-19-40)54-61-33-37-29-43(51)47(60-32-36-22-26-42(57-3)27-23-36)45(30-37)59-31-35-20-24-41(56-2)25-21-35/h4-27,29-30,34H,1,28,31-33H2,2-3H3,(H,52,53)/b54-46-. The first-order chi connectivity index (χ1) is 30.4. The van der Waals surface area contributed by atoms with Crippen LogP contribution >= 0.6 is 22.9 Å². The molecular formula is C50H44ClN3O7S. The van der Waals surface area contributed by atoms with E-state index in [1.54, 1.807) is 31.7 Å². The van der Waals surface area contributed by atoms with Gasteiger partial charge in [0.25, 0.3) is 0 Å². The molecule has 0 fully saturated rings. The van der Waals surface area contributed by atoms with Crippen LogP contribution in [0.15, 0.2) is 175 Å². The third kappa shape index (κ3) is 10.4. The molecule has 7 rings (SSSR count). The number of rotatable bonds is 20. The predicted octanol–water partition coefficient (Wildman–Crippen LogP) is 11.0. The number of nitrogens with zero attached hydrogens (tertiary/aromatic N) is 2. The summed E-state index contributed by atoms with van der Waals surface area (Å²) in [5.74, 6) is 1.49. The molecule has 1 N–H and O–H groups in total. The predicted molar refractivity (Wildman–Crippen MR) is 244 cm³/mol. The van der Waals surface area contributed by atoms with Crippen molar-refractivity contribution in [2.24, 2.45) is 5.16 Å². The molecule has 6 aromatic carbocycles. The SMILES string of the molecule is C=CCOC(=O)/C(=N\OCc1cc(Cl)c(OCc2ccc(OC)cc2)c(OCc2ccc(OC)cc2)c1)c1csc(NC(c2ccccc2)(c2ccccc2)c2ccccc2)n1. The third-order valence-electron chi connectivity index (χ3n) is 9.74. The minimum Gasteiger partial charge on any atom is -0.497 e. The molecule has 1 aromatic heterocycles. The second-order valence-corrected chi connectivity index (χ2v) is 15.1. The van der Waals surface area contributed by atoms with Crippen LogP contribution in [0.1, 0.15) is 39.1 Å². The van der Waals surface area contributed by atoms with Gasteiger partial charge in [0.1, 0.15) is 49.2 Å². The summed E-state index contributed by atoms with van der Waals surface area (Å²) in [5.41, 5.74) is 4.72. The zero-order chi connectivity index (χ0) is 43.2. The fourth-order valence-corrected chi connectivity index (χ4v) is 7.70. The average Bonchev–Trinajstić information content (AvgIpc) is 3.79. The summed E-state index contributed by atoms with van der Waals surface area (Å²) >= 11 is 8.20. The summed E-state index contributed by atoms with van der Waals surface area (Å²) in [6, 6.07) is 49.1. The number of esters is 1. The molecular weight excluding hydrogens is 822 g/mol. The number of ether oxygens (including phenoxy) is 5. The second kappa shape index (κ2) is 20.9. The lowest BCUT2D eigenvalue weighted by molar-refractivity contribution is -0.134. The largest absolute Gasteiger partial charge is 0.497 e. The lowest BCUT2D eigenvalue weighted by Crippen LogP contribution is -2.38. The molecule has 0 saturated carbocycles. The molecule has 0 spiro atoms. The van der Waals surface area contributed by atoms with E-state index in [0.717, 1.165) is 39.3 Å². The van der Waals surface area contributed by atoms with E-state index in [4.69, 9.17) is 45.1 Å². The lowest BCUT2D eigenvalue weighted by Gasteiger charge is -2.36. The van der Waals surface area contributed by atoms with E-state index >= 15 is 0 Å². The molecule has 0 aliphatic heterocycles. The van der Waals surface area contributed by atoms with Crippen molar-refractivity contribution in [1.82, 2.24) is 4.98 Å². The van der Waals surface area contributed by atoms with Crippen LogP contribution in [0.4, 0.5) is 5.13 Å². The molecule has 12 heteroatoms. The van der Waals surface area contributed by atoms with Gasteiger partial charge in [0.05, 0.1) is 19.2 Å². The average molecular weight is 866 g/mol. The normalized spacial score (nSPS) is 11.3. The highest BCUT2D eigenvalue weighted by Crippen LogP contribution is 2.41. The number of halogens is 1. The summed E-state index contributed by atoms with van der Waals surface area (Å²) in [7, 11) is 3.23. The van der Waals surface area contributed by atoms with E-state index in [9.17, 15) is 4.79 Å². The number of hydrogen-bond donors (Lipinski definition) is 1. The molecule has 0 bridgehead atoms. The Balaban J connectivity index is 1.17. The van der Waals surface area contributed by atoms with Gasteiger partial charge >= 0.3 is 5.97 Å². The molecule has 7 aromatic rings. The number of hydrogen-bond acceptors (Lipinski definition) is 11. The van der Waals surface area contributed by atoms with Crippen LogP contribution in [0.3, 0.4) is 0 Å². The lowest BCUT2D eigenvalue weighted by atomic mass is 9.77. The van der Waals surface area contributed by atoms with Crippen molar-refractivity contribution < 1.29 is 33.3 Å². The van der Waals surface area contributed by atoms with Crippen molar-refractivity contribution in [2.75, 3.05) is 26.1 Å². The molecule has 314 valence electrons. The molecule has 0 aliphatic carbocycles. The van der Waals surface area contributed by atoms with Crippen molar-refractivity contribution in [3.05, 3.63) is 214 Å². The Hall–Kier alpha value is -7.08. The van der Waals surface area contributed by atoms with Gasteiger partial charge < -0.3 is 33.8 Å². The molecule has 0 amide bonds. The minimum absolute atomic E-state index is 0.0330. The molecule has 0 atom stereocenters. The molecule has 0 unspecified atom stereocenters. The Morgan fingerprint density at radius 2 is 1.26 bits per heavy atom. The van der Waals surface area contributed by atoms with Crippen LogP contribution in [0.25, 0.3) is 0 Å². The number of oxime groups is 1. The summed E-state index contributed by atoms with van der Waals surface area (Å²) < 4.78 is 28.6. The maximum atomic E-state index is 13.5. The Morgan fingerprint density at radius 1 is 0.726 bits per heavy atom. The number of benzene rings is 6. The van der Waals surface area contributed by atoms with Crippen molar-refractivity contribution in [3.8, 4) is 23.0 Å². The first-order valence-electron chi connectivity index (χ1n) is 19.6. The quantitative estimate of drug-likeness (QED) is 0.0263. The van der Waals surface area contributed by atoms with Gasteiger partial charge in [-0.3, -0.25) is 0 Å². The van der Waals surface area contributed by atoms with Crippen LogP contribution in [-0.2, 0) is 39.7 Å². The highest BCUT2D eigenvalue weighted by molar-refractivity contribution is 7.14. The number of thiazole rings is 1. The second-order valence-electron chi connectivity index (χ2n) is 13.8. The molecule has 0 aliphatic rings. The zero-order valence-electron chi connectivity index (χ0n) is 34.2. The summed E-state index contributed by atoms with van der Waals surface area (Å²) in [6.07, 6.45) is 1.48. The van der Waals surface area contributed by atoms with Crippen molar-refractivity contribution in [3.63, 3.8) is 0 Å². The molecule has 0 saturated heterocycles. The fourth-order valence-electron chi connectivity index (χ4n) is 6.66. The first kappa shape index (κ1) is 43.0. The molecule has 1 heterocycles. The van der Waals surface area contributed by atoms with E-state index in [0.29, 0.717) is 27.2 Å². The maximum absolute atomic E-state index is 13.5. The van der Waals surface area contributed by atoms with E-state index in [1.165, 1.54) is 17.4 Å². The van der Waals surface area contributed by atoms with Crippen molar-refractivity contribution in [2.45, 2.75) is 25.4 Å². The summed E-state index contributed by atoms with van der Waals surface area (Å²) in [4.78, 5) is 24.3. The number of methoxy groups -OCH3 is 2. The number of aromatic nitrogens is 1. The van der Waals surface area contributed by atoms with Crippen molar-refractivity contribution in [1.29, 1.82) is 0 Å². The fraction of sp³-hybridized carbons (Fsp3) is 0.140. The third-order valence-corrected chi connectivity index (χ3v) is 10.8. The molecule has 0 radical (unpaired) electrons. The smallest absolute Gasteiger partial charge is 0.363 e. The monoisotopic (exact) mass is 865 g/mol. The van der Waals surface area contributed by atoms with Gasteiger partial charge in [-0.05, 0) is 69.8 Å². The maximum Gasteiger partial charge on any atom is 0.363 e. The van der Waals surface area contributed by atoms with Gasteiger partial charge in [-0.25, -0.2) is 9.78 Å². The van der Waals surface area contributed by atoms with Gasteiger partial charge in [-0.15, -0.1) is 11.3 Å². The van der Waals surface area contributed by atoms with Crippen LogP contribution in [0.5, 0.6) is 23.0 Å². The molecule has 62 heavy (non-hydrogen) atoms. The first-order valence-corrected chi connectivity index (χ1v) is 20.9.